The van der Waals surface area contributed by atoms with Gasteiger partial charge in [-0.15, -0.1) is 0 Å². The summed E-state index contributed by atoms with van der Waals surface area (Å²) >= 11 is 1.54. The fourth-order valence-corrected chi connectivity index (χ4v) is 3.25. The summed E-state index contributed by atoms with van der Waals surface area (Å²) in [7, 11) is -2.21. The summed E-state index contributed by atoms with van der Waals surface area (Å²) in [6.45, 7) is 0.268. The number of hydrogen-bond acceptors (Lipinski definition) is 4. The Morgan fingerprint density at radius 3 is 2.71 bits per heavy atom. The Labute approximate surface area is 129 Å². The van der Waals surface area contributed by atoms with E-state index in [-0.39, 0.29) is 23.5 Å². The van der Waals surface area contributed by atoms with Crippen LogP contribution in [0.5, 0.6) is 0 Å². The van der Waals surface area contributed by atoms with Crippen molar-refractivity contribution in [3.05, 3.63) is 29.6 Å². The maximum atomic E-state index is 13.9. The van der Waals surface area contributed by atoms with Gasteiger partial charge in [-0.1, -0.05) is 11.8 Å². The Morgan fingerprint density at radius 2 is 2.14 bits per heavy atom. The van der Waals surface area contributed by atoms with E-state index in [4.69, 9.17) is 5.11 Å². The number of aliphatic hydroxyl groups excluding tert-OH is 1. The van der Waals surface area contributed by atoms with E-state index in [0.717, 1.165) is 6.07 Å². The molecule has 7 heteroatoms. The van der Waals surface area contributed by atoms with Crippen LogP contribution in [-0.4, -0.2) is 50.0 Å². The summed E-state index contributed by atoms with van der Waals surface area (Å²) < 4.78 is 39.6. The molecule has 4 nitrogen and oxygen atoms in total. The van der Waals surface area contributed by atoms with E-state index in [1.54, 1.807) is 0 Å². The van der Waals surface area contributed by atoms with Crippen LogP contribution in [0.3, 0.4) is 0 Å². The molecule has 1 rings (SSSR count). The van der Waals surface area contributed by atoms with E-state index in [9.17, 15) is 12.8 Å². The highest BCUT2D eigenvalue weighted by Gasteiger charge is 2.21. The molecule has 1 N–H and O–H groups in total. The minimum atomic E-state index is -3.68. The van der Waals surface area contributed by atoms with Gasteiger partial charge in [0.15, 0.2) is 0 Å². The van der Waals surface area contributed by atoms with Crippen molar-refractivity contribution < 1.29 is 17.9 Å². The van der Waals surface area contributed by atoms with Gasteiger partial charge in [0.1, 0.15) is 5.82 Å². The summed E-state index contributed by atoms with van der Waals surface area (Å²) in [6, 6.07) is 3.67. The van der Waals surface area contributed by atoms with E-state index < -0.39 is 15.8 Å². The molecule has 0 saturated carbocycles. The highest BCUT2D eigenvalue weighted by Crippen LogP contribution is 2.18. The molecule has 0 aliphatic heterocycles. The molecule has 0 radical (unpaired) electrons. The summed E-state index contributed by atoms with van der Waals surface area (Å²) in [4.78, 5) is -0.0867. The molecule has 0 heterocycles. The van der Waals surface area contributed by atoms with Crippen LogP contribution in [0.15, 0.2) is 23.1 Å². The fourth-order valence-electron chi connectivity index (χ4n) is 1.49. The lowest BCUT2D eigenvalue weighted by atomic mass is 10.2. The SMILES string of the molecule is CSCCN(C)S(=O)(=O)c1ccc(C#CCCO)c(F)c1. The lowest BCUT2D eigenvalue weighted by molar-refractivity contribution is 0.305. The number of thioether (sulfide) groups is 1. The Kier molecular flexibility index (Phi) is 7.18. The molecule has 1 aromatic carbocycles. The predicted molar refractivity (Wildman–Crippen MR) is 83.2 cm³/mol. The lowest BCUT2D eigenvalue weighted by Gasteiger charge is -2.16. The summed E-state index contributed by atoms with van der Waals surface area (Å²) in [6.07, 6.45) is 2.14. The average Bonchev–Trinajstić information content (AvgIpc) is 2.46. The van der Waals surface area contributed by atoms with Gasteiger partial charge in [0.2, 0.25) is 10.0 Å². The second-order valence-corrected chi connectivity index (χ2v) is 7.27. The molecule has 21 heavy (non-hydrogen) atoms. The standard InChI is InChI=1S/C14H18FNO3S2/c1-16(8-10-20-2)21(18,19)13-7-6-12(14(15)11-13)5-3-4-9-17/h6-7,11,17H,4,8-10H2,1-2H3. The number of sulfonamides is 1. The molecule has 0 spiro atoms. The van der Waals surface area contributed by atoms with Crippen molar-refractivity contribution in [1.29, 1.82) is 0 Å². The van der Waals surface area contributed by atoms with E-state index in [2.05, 4.69) is 11.8 Å². The van der Waals surface area contributed by atoms with E-state index in [0.29, 0.717) is 12.3 Å². The average molecular weight is 331 g/mol. The highest BCUT2D eigenvalue weighted by atomic mass is 32.2. The molecule has 116 valence electrons. The minimum Gasteiger partial charge on any atom is -0.395 e. The van der Waals surface area contributed by atoms with Crippen molar-refractivity contribution in [2.24, 2.45) is 0 Å². The van der Waals surface area contributed by atoms with Gasteiger partial charge in [-0.3, -0.25) is 0 Å². The molecule has 1 aromatic rings. The number of hydrogen-bond donors (Lipinski definition) is 1. The fraction of sp³-hybridized carbons (Fsp3) is 0.429. The van der Waals surface area contributed by atoms with Gasteiger partial charge in [-0.05, 0) is 24.5 Å². The minimum absolute atomic E-state index is 0.0867. The van der Waals surface area contributed by atoms with Gasteiger partial charge in [0, 0.05) is 25.8 Å². The van der Waals surface area contributed by atoms with Crippen LogP contribution in [-0.2, 0) is 10.0 Å². The monoisotopic (exact) mass is 331 g/mol. The van der Waals surface area contributed by atoms with Crippen molar-refractivity contribution in [2.75, 3.05) is 32.2 Å². The van der Waals surface area contributed by atoms with Crippen LogP contribution in [0.1, 0.15) is 12.0 Å². The first-order chi connectivity index (χ1) is 9.93. The predicted octanol–water partition coefficient (Wildman–Crippen LogP) is 1.54. The zero-order chi connectivity index (χ0) is 15.9. The topological polar surface area (TPSA) is 57.6 Å². The third-order valence-electron chi connectivity index (χ3n) is 2.72. The third kappa shape index (κ3) is 5.00. The van der Waals surface area contributed by atoms with Crippen molar-refractivity contribution in [3.63, 3.8) is 0 Å². The first-order valence-electron chi connectivity index (χ1n) is 6.28. The largest absolute Gasteiger partial charge is 0.395 e. The van der Waals surface area contributed by atoms with Gasteiger partial charge in [-0.2, -0.15) is 11.8 Å². The quantitative estimate of drug-likeness (QED) is 0.804. The smallest absolute Gasteiger partial charge is 0.242 e. The van der Waals surface area contributed by atoms with E-state index >= 15 is 0 Å². The number of halogens is 1. The molecule has 0 fully saturated rings. The van der Waals surface area contributed by atoms with Gasteiger partial charge in [-0.25, -0.2) is 17.1 Å². The summed E-state index contributed by atoms with van der Waals surface area (Å²) in [5.74, 6) is 5.15. The molecule has 0 amide bonds. The zero-order valence-corrected chi connectivity index (χ0v) is 13.6. The lowest BCUT2D eigenvalue weighted by Crippen LogP contribution is -2.29. The maximum Gasteiger partial charge on any atom is 0.242 e. The second-order valence-electron chi connectivity index (χ2n) is 4.24. The molecule has 0 bridgehead atoms. The summed E-state index contributed by atoms with van der Waals surface area (Å²) in [5, 5.41) is 8.61. The molecule has 0 atom stereocenters. The number of benzene rings is 1. The van der Waals surface area contributed by atoms with Crippen molar-refractivity contribution in [2.45, 2.75) is 11.3 Å². The normalized spacial score (nSPS) is 11.3. The Morgan fingerprint density at radius 1 is 1.43 bits per heavy atom. The van der Waals surface area contributed by atoms with Crippen molar-refractivity contribution in [3.8, 4) is 11.8 Å². The van der Waals surface area contributed by atoms with Crippen LogP contribution in [0, 0.1) is 17.7 Å². The molecule has 0 aliphatic rings. The maximum absolute atomic E-state index is 13.9. The summed E-state index contributed by atoms with van der Waals surface area (Å²) in [5.41, 5.74) is 0.120. The van der Waals surface area contributed by atoms with Crippen LogP contribution >= 0.6 is 11.8 Å². The molecular weight excluding hydrogens is 313 g/mol. The Bertz CT molecular complexity index is 635. The molecular formula is C14H18FNO3S2. The molecule has 0 saturated heterocycles. The third-order valence-corrected chi connectivity index (χ3v) is 5.16. The van der Waals surface area contributed by atoms with Crippen molar-refractivity contribution >= 4 is 21.8 Å². The van der Waals surface area contributed by atoms with Gasteiger partial charge in [0.25, 0.3) is 0 Å². The first kappa shape index (κ1) is 18.0. The Balaban J connectivity index is 3.00. The van der Waals surface area contributed by atoms with Crippen LogP contribution in [0.2, 0.25) is 0 Å². The second kappa shape index (κ2) is 8.39. The van der Waals surface area contributed by atoms with Crippen LogP contribution in [0.4, 0.5) is 4.39 Å². The number of rotatable bonds is 6. The zero-order valence-electron chi connectivity index (χ0n) is 12.0. The molecule has 0 aliphatic carbocycles. The Hall–Kier alpha value is -1.07. The van der Waals surface area contributed by atoms with Gasteiger partial charge < -0.3 is 5.11 Å². The van der Waals surface area contributed by atoms with E-state index in [1.807, 2.05) is 6.26 Å². The first-order valence-corrected chi connectivity index (χ1v) is 9.11. The van der Waals surface area contributed by atoms with E-state index in [1.165, 1.54) is 35.2 Å². The van der Waals surface area contributed by atoms with Crippen molar-refractivity contribution in [1.82, 2.24) is 4.31 Å². The van der Waals surface area contributed by atoms with Gasteiger partial charge in [0.05, 0.1) is 17.1 Å². The highest BCUT2D eigenvalue weighted by molar-refractivity contribution is 7.98. The molecule has 0 aromatic heterocycles. The van der Waals surface area contributed by atoms with Gasteiger partial charge >= 0.3 is 0 Å². The number of aliphatic hydroxyl groups is 1. The number of nitrogens with zero attached hydrogens (tertiary/aromatic N) is 1. The van der Waals surface area contributed by atoms with Crippen LogP contribution in [0.25, 0.3) is 0 Å². The van der Waals surface area contributed by atoms with Crippen LogP contribution < -0.4 is 0 Å². The molecule has 0 unspecified atom stereocenters.